The fourth-order valence-corrected chi connectivity index (χ4v) is 3.18. The average molecular weight is 505 g/mol. The summed E-state index contributed by atoms with van der Waals surface area (Å²) in [5.41, 5.74) is 2.10. The van der Waals surface area contributed by atoms with Crippen molar-refractivity contribution in [1.29, 1.82) is 0 Å². The van der Waals surface area contributed by atoms with Crippen LogP contribution in [0, 0.1) is 6.92 Å². The van der Waals surface area contributed by atoms with Crippen molar-refractivity contribution in [2.24, 2.45) is 4.99 Å². The van der Waals surface area contributed by atoms with E-state index in [-0.39, 0.29) is 24.0 Å². The Morgan fingerprint density at radius 1 is 1.25 bits per heavy atom. The first-order valence-corrected chi connectivity index (χ1v) is 10.0. The number of piperidine rings is 1. The van der Waals surface area contributed by atoms with Gasteiger partial charge in [-0.05, 0) is 38.7 Å². The van der Waals surface area contributed by atoms with Gasteiger partial charge >= 0.3 is 0 Å². The number of nitrogens with one attached hydrogen (secondary N) is 1. The average Bonchev–Trinajstić information content (AvgIpc) is 2.69. The van der Waals surface area contributed by atoms with E-state index in [1.165, 1.54) is 5.56 Å². The summed E-state index contributed by atoms with van der Waals surface area (Å²) < 4.78 is 11.0. The summed E-state index contributed by atoms with van der Waals surface area (Å²) in [7, 11) is 1.72. The molecule has 1 aliphatic rings. The second kappa shape index (κ2) is 14.1. The van der Waals surface area contributed by atoms with E-state index < -0.39 is 6.10 Å². The van der Waals surface area contributed by atoms with Crippen LogP contribution in [0.15, 0.2) is 29.3 Å². The van der Waals surface area contributed by atoms with Crippen LogP contribution in [-0.4, -0.2) is 68.6 Å². The summed E-state index contributed by atoms with van der Waals surface area (Å²) in [6, 6.07) is 7.97. The molecule has 0 radical (unpaired) electrons. The third kappa shape index (κ3) is 8.63. The van der Waals surface area contributed by atoms with Crippen molar-refractivity contribution >= 4 is 29.9 Å². The molecule has 0 aromatic heterocycles. The normalized spacial score (nSPS) is 16.6. The Bertz CT molecular complexity index is 561. The van der Waals surface area contributed by atoms with Crippen LogP contribution in [0.1, 0.15) is 43.4 Å². The minimum atomic E-state index is -0.582. The number of aliphatic hydroxyl groups excluding tert-OH is 1. The minimum Gasteiger partial charge on any atom is -0.386 e. The fraction of sp³-hybridized carbons (Fsp3) is 0.667. The predicted molar refractivity (Wildman–Crippen MR) is 125 cm³/mol. The first-order valence-electron chi connectivity index (χ1n) is 10.0. The summed E-state index contributed by atoms with van der Waals surface area (Å²) in [6.45, 7) is 8.63. The summed E-state index contributed by atoms with van der Waals surface area (Å²) in [5.74, 6) is 0.876. The standard InChI is InChI=1S/C21H35N3O3.HI/c1-4-22-21(23-16-20(25)18-8-6-17(2)7-9-18)24-12-10-19(11-13-24)27-15-5-14-26-3;/h6-9,19-20,25H,4-5,10-16H2,1-3H3,(H,22,23);1H. The number of likely N-dealkylation sites (tertiary alicyclic amines) is 1. The van der Waals surface area contributed by atoms with Gasteiger partial charge in [-0.25, -0.2) is 0 Å². The number of halogens is 1. The van der Waals surface area contributed by atoms with Gasteiger partial charge in [0.25, 0.3) is 0 Å². The number of hydrogen-bond acceptors (Lipinski definition) is 4. The molecule has 1 heterocycles. The van der Waals surface area contributed by atoms with E-state index in [1.807, 2.05) is 31.2 Å². The van der Waals surface area contributed by atoms with Crippen molar-refractivity contribution < 1.29 is 14.6 Å². The molecule has 0 spiro atoms. The van der Waals surface area contributed by atoms with Crippen molar-refractivity contribution in [3.05, 3.63) is 35.4 Å². The topological polar surface area (TPSA) is 66.3 Å². The number of aliphatic hydroxyl groups is 1. The van der Waals surface area contributed by atoms with Crippen LogP contribution in [0.4, 0.5) is 0 Å². The number of methoxy groups -OCH3 is 1. The molecule has 2 rings (SSSR count). The van der Waals surface area contributed by atoms with Crippen LogP contribution in [0.3, 0.4) is 0 Å². The smallest absolute Gasteiger partial charge is 0.194 e. The second-order valence-corrected chi connectivity index (χ2v) is 7.02. The molecule has 0 aliphatic carbocycles. The monoisotopic (exact) mass is 505 g/mol. The van der Waals surface area contributed by atoms with E-state index in [1.54, 1.807) is 7.11 Å². The Morgan fingerprint density at radius 2 is 1.93 bits per heavy atom. The SMILES string of the molecule is CCNC(=NCC(O)c1ccc(C)cc1)N1CCC(OCCCOC)CC1.I. The lowest BCUT2D eigenvalue weighted by Crippen LogP contribution is -2.47. The molecule has 2 N–H and O–H groups in total. The lowest BCUT2D eigenvalue weighted by Gasteiger charge is -2.34. The zero-order valence-corrected chi connectivity index (χ0v) is 19.7. The van der Waals surface area contributed by atoms with E-state index in [0.717, 1.165) is 63.6 Å². The quantitative estimate of drug-likeness (QED) is 0.234. The maximum Gasteiger partial charge on any atom is 0.194 e. The number of benzene rings is 1. The lowest BCUT2D eigenvalue weighted by atomic mass is 10.1. The van der Waals surface area contributed by atoms with Crippen molar-refractivity contribution in [3.63, 3.8) is 0 Å². The van der Waals surface area contributed by atoms with Crippen LogP contribution in [0.25, 0.3) is 0 Å². The second-order valence-electron chi connectivity index (χ2n) is 7.02. The molecule has 1 aromatic rings. The Kier molecular flexibility index (Phi) is 12.7. The van der Waals surface area contributed by atoms with Crippen LogP contribution in [-0.2, 0) is 9.47 Å². The van der Waals surface area contributed by atoms with Gasteiger partial charge in [0, 0.05) is 40.0 Å². The van der Waals surface area contributed by atoms with E-state index in [9.17, 15) is 5.11 Å². The molecule has 1 unspecified atom stereocenters. The molecule has 160 valence electrons. The fourth-order valence-electron chi connectivity index (χ4n) is 3.18. The third-order valence-corrected chi connectivity index (χ3v) is 4.80. The van der Waals surface area contributed by atoms with Gasteiger partial charge in [0.15, 0.2) is 5.96 Å². The van der Waals surface area contributed by atoms with Gasteiger partial charge in [-0.2, -0.15) is 0 Å². The van der Waals surface area contributed by atoms with Gasteiger partial charge in [0.05, 0.1) is 18.8 Å². The maximum absolute atomic E-state index is 10.4. The lowest BCUT2D eigenvalue weighted by molar-refractivity contribution is 0.00986. The van der Waals surface area contributed by atoms with E-state index in [2.05, 4.69) is 22.1 Å². The van der Waals surface area contributed by atoms with Crippen LogP contribution in [0.5, 0.6) is 0 Å². The maximum atomic E-state index is 10.4. The number of aliphatic imine (C=N–C) groups is 1. The highest BCUT2D eigenvalue weighted by Gasteiger charge is 2.22. The molecule has 1 saturated heterocycles. The highest BCUT2D eigenvalue weighted by atomic mass is 127. The first kappa shape index (κ1) is 25.1. The van der Waals surface area contributed by atoms with Crippen molar-refractivity contribution in [3.8, 4) is 0 Å². The number of hydrogen-bond donors (Lipinski definition) is 2. The Labute approximate surface area is 186 Å². The van der Waals surface area contributed by atoms with Crippen molar-refractivity contribution in [2.75, 3.05) is 46.5 Å². The molecule has 0 amide bonds. The molecule has 1 aromatic carbocycles. The zero-order valence-electron chi connectivity index (χ0n) is 17.4. The Morgan fingerprint density at radius 3 is 2.54 bits per heavy atom. The molecule has 28 heavy (non-hydrogen) atoms. The Balaban J connectivity index is 0.00000392. The molecule has 7 heteroatoms. The highest BCUT2D eigenvalue weighted by molar-refractivity contribution is 14.0. The van der Waals surface area contributed by atoms with Gasteiger partial charge in [-0.15, -0.1) is 24.0 Å². The number of ether oxygens (including phenoxy) is 2. The summed E-state index contributed by atoms with van der Waals surface area (Å²) >= 11 is 0. The molecular weight excluding hydrogens is 469 g/mol. The summed E-state index contributed by atoms with van der Waals surface area (Å²) in [6.07, 6.45) is 2.67. The van der Waals surface area contributed by atoms with Crippen molar-refractivity contribution in [1.82, 2.24) is 10.2 Å². The molecule has 1 atom stereocenters. The van der Waals surface area contributed by atoms with Crippen LogP contribution < -0.4 is 5.32 Å². The number of nitrogens with zero attached hydrogens (tertiary/aromatic N) is 2. The third-order valence-electron chi connectivity index (χ3n) is 4.80. The molecule has 1 aliphatic heterocycles. The molecular formula is C21H36IN3O3. The minimum absolute atomic E-state index is 0. The zero-order chi connectivity index (χ0) is 19.5. The largest absolute Gasteiger partial charge is 0.386 e. The summed E-state index contributed by atoms with van der Waals surface area (Å²) in [5, 5.41) is 13.8. The first-order chi connectivity index (χ1) is 13.1. The number of rotatable bonds is 9. The molecule has 1 fully saturated rings. The van der Waals surface area contributed by atoms with Crippen LogP contribution in [0.2, 0.25) is 0 Å². The van der Waals surface area contributed by atoms with Gasteiger partial charge in [-0.3, -0.25) is 4.99 Å². The summed E-state index contributed by atoms with van der Waals surface area (Å²) in [4.78, 5) is 6.94. The van der Waals surface area contributed by atoms with Gasteiger partial charge in [0.2, 0.25) is 0 Å². The molecule has 0 saturated carbocycles. The van der Waals surface area contributed by atoms with Gasteiger partial charge < -0.3 is 24.8 Å². The predicted octanol–water partition coefficient (Wildman–Crippen LogP) is 3.13. The van der Waals surface area contributed by atoms with E-state index >= 15 is 0 Å². The van der Waals surface area contributed by atoms with Crippen LogP contribution >= 0.6 is 24.0 Å². The van der Waals surface area contributed by atoms with Gasteiger partial charge in [-0.1, -0.05) is 29.8 Å². The number of guanidine groups is 1. The highest BCUT2D eigenvalue weighted by Crippen LogP contribution is 2.16. The van der Waals surface area contributed by atoms with Gasteiger partial charge in [0.1, 0.15) is 0 Å². The van der Waals surface area contributed by atoms with E-state index in [0.29, 0.717) is 12.6 Å². The molecule has 0 bridgehead atoms. The number of aryl methyl sites for hydroxylation is 1. The van der Waals surface area contributed by atoms with Crippen molar-refractivity contribution in [2.45, 2.75) is 45.3 Å². The Hall–Kier alpha value is -0.900. The van der Waals surface area contributed by atoms with E-state index in [4.69, 9.17) is 9.47 Å². The molecule has 6 nitrogen and oxygen atoms in total.